The minimum absolute atomic E-state index is 0.467. The Hall–Kier alpha value is -1.12. The van der Waals surface area contributed by atoms with Crippen LogP contribution in [0.4, 0.5) is 4.39 Å². The fraction of sp³-hybridized carbons (Fsp3) is 0.375. The molecule has 0 atom stereocenters. The van der Waals surface area contributed by atoms with E-state index in [1.54, 1.807) is 6.92 Å². The van der Waals surface area contributed by atoms with E-state index >= 15 is 0 Å². The van der Waals surface area contributed by atoms with Crippen molar-refractivity contribution >= 4 is 0 Å². The Labute approximate surface area is 65.0 Å². The van der Waals surface area contributed by atoms with Gasteiger partial charge in [-0.15, -0.1) is 0 Å². The predicted octanol–water partition coefficient (Wildman–Crippen LogP) is 1.93. The zero-order valence-electron chi connectivity index (χ0n) is 6.60. The van der Waals surface area contributed by atoms with Crippen LogP contribution in [0.5, 0.6) is 5.75 Å². The lowest BCUT2D eigenvalue weighted by Crippen LogP contribution is -1.95. The lowest BCUT2D eigenvalue weighted by Gasteiger charge is -2.04. The smallest absolute Gasteiger partial charge is 0.213 e. The second kappa shape index (κ2) is 3.32. The number of pyridine rings is 1. The van der Waals surface area contributed by atoms with Gasteiger partial charge in [-0.3, -0.25) is 0 Å². The van der Waals surface area contributed by atoms with Crippen LogP contribution in [0.25, 0.3) is 0 Å². The Morgan fingerprint density at radius 3 is 2.91 bits per heavy atom. The van der Waals surface area contributed by atoms with Gasteiger partial charge in [-0.2, -0.15) is 4.39 Å². The number of hydrogen-bond acceptors (Lipinski definition) is 2. The number of ether oxygens (including phenoxy) is 1. The average Bonchev–Trinajstić information content (AvgIpc) is 1.95. The zero-order chi connectivity index (χ0) is 8.27. The highest BCUT2D eigenvalue weighted by Crippen LogP contribution is 2.15. The molecule has 0 fully saturated rings. The maximum absolute atomic E-state index is 12.4. The monoisotopic (exact) mass is 155 g/mol. The molecule has 60 valence electrons. The van der Waals surface area contributed by atoms with Gasteiger partial charge in [-0.1, -0.05) is 0 Å². The molecule has 0 bridgehead atoms. The van der Waals surface area contributed by atoms with E-state index in [0.29, 0.717) is 12.4 Å². The van der Waals surface area contributed by atoms with Gasteiger partial charge in [0.15, 0.2) is 0 Å². The van der Waals surface area contributed by atoms with Gasteiger partial charge in [-0.05, 0) is 25.5 Å². The van der Waals surface area contributed by atoms with E-state index in [-0.39, 0.29) is 0 Å². The van der Waals surface area contributed by atoms with Gasteiger partial charge in [0.25, 0.3) is 0 Å². The molecule has 0 aliphatic heterocycles. The molecule has 0 N–H and O–H groups in total. The third-order valence-corrected chi connectivity index (χ3v) is 1.33. The highest BCUT2D eigenvalue weighted by molar-refractivity contribution is 5.28. The molecule has 0 spiro atoms. The molecule has 0 unspecified atom stereocenters. The van der Waals surface area contributed by atoms with Crippen molar-refractivity contribution in [2.75, 3.05) is 6.61 Å². The van der Waals surface area contributed by atoms with Gasteiger partial charge in [0.05, 0.1) is 12.8 Å². The van der Waals surface area contributed by atoms with Crippen molar-refractivity contribution in [3.63, 3.8) is 0 Å². The summed E-state index contributed by atoms with van der Waals surface area (Å²) in [5, 5.41) is 0. The minimum atomic E-state index is -0.467. The average molecular weight is 155 g/mol. The first-order chi connectivity index (χ1) is 5.24. The Morgan fingerprint density at radius 1 is 1.64 bits per heavy atom. The first-order valence-electron chi connectivity index (χ1n) is 3.49. The number of nitrogens with zero attached hydrogens (tertiary/aromatic N) is 1. The van der Waals surface area contributed by atoms with Crippen molar-refractivity contribution in [3.05, 3.63) is 23.8 Å². The number of aryl methyl sites for hydroxylation is 1. The summed E-state index contributed by atoms with van der Waals surface area (Å²) in [6.45, 7) is 4.24. The molecular weight excluding hydrogens is 145 g/mol. The lowest BCUT2D eigenvalue weighted by molar-refractivity contribution is 0.335. The molecular formula is C8H10FNO. The van der Waals surface area contributed by atoms with Crippen LogP contribution in [0, 0.1) is 12.9 Å². The molecule has 0 aliphatic carbocycles. The molecule has 0 saturated heterocycles. The van der Waals surface area contributed by atoms with Crippen LogP contribution in [-0.4, -0.2) is 11.6 Å². The Morgan fingerprint density at radius 2 is 2.36 bits per heavy atom. The summed E-state index contributed by atoms with van der Waals surface area (Å²) < 4.78 is 17.6. The Balaban J connectivity index is 2.90. The first-order valence-corrected chi connectivity index (χ1v) is 3.49. The van der Waals surface area contributed by atoms with Crippen LogP contribution < -0.4 is 4.74 Å². The number of rotatable bonds is 2. The molecule has 3 heteroatoms. The van der Waals surface area contributed by atoms with E-state index in [0.717, 1.165) is 5.56 Å². The summed E-state index contributed by atoms with van der Waals surface area (Å²) in [5.41, 5.74) is 0.777. The minimum Gasteiger partial charge on any atom is -0.492 e. The van der Waals surface area contributed by atoms with Crippen LogP contribution in [0.15, 0.2) is 12.3 Å². The van der Waals surface area contributed by atoms with Crippen molar-refractivity contribution in [2.45, 2.75) is 13.8 Å². The van der Waals surface area contributed by atoms with Crippen molar-refractivity contribution in [1.29, 1.82) is 0 Å². The lowest BCUT2D eigenvalue weighted by atomic mass is 10.3. The Kier molecular flexibility index (Phi) is 2.41. The van der Waals surface area contributed by atoms with E-state index in [1.807, 2.05) is 6.92 Å². The molecule has 0 saturated carbocycles. The zero-order valence-corrected chi connectivity index (χ0v) is 6.60. The third kappa shape index (κ3) is 1.90. The topological polar surface area (TPSA) is 22.1 Å². The molecule has 1 aromatic heterocycles. The number of hydrogen-bond donors (Lipinski definition) is 0. The fourth-order valence-electron chi connectivity index (χ4n) is 0.816. The first kappa shape index (κ1) is 7.98. The van der Waals surface area contributed by atoms with Crippen LogP contribution in [-0.2, 0) is 0 Å². The molecule has 11 heavy (non-hydrogen) atoms. The van der Waals surface area contributed by atoms with Crippen LogP contribution >= 0.6 is 0 Å². The van der Waals surface area contributed by atoms with Crippen molar-refractivity contribution in [2.24, 2.45) is 0 Å². The summed E-state index contributed by atoms with van der Waals surface area (Å²) in [6, 6.07) is 1.35. The quantitative estimate of drug-likeness (QED) is 0.609. The maximum atomic E-state index is 12.4. The number of halogens is 1. The fourth-order valence-corrected chi connectivity index (χ4v) is 0.816. The van der Waals surface area contributed by atoms with Crippen molar-refractivity contribution in [1.82, 2.24) is 4.98 Å². The van der Waals surface area contributed by atoms with Crippen molar-refractivity contribution < 1.29 is 9.13 Å². The SMILES string of the molecule is CCOc1cnc(F)cc1C. The van der Waals surface area contributed by atoms with Crippen molar-refractivity contribution in [3.8, 4) is 5.75 Å². The van der Waals surface area contributed by atoms with Crippen LogP contribution in [0.2, 0.25) is 0 Å². The molecule has 0 amide bonds. The standard InChI is InChI=1S/C8H10FNO/c1-3-11-7-5-10-8(9)4-6(7)2/h4-5H,3H2,1-2H3. The summed E-state index contributed by atoms with van der Waals surface area (Å²) in [4.78, 5) is 3.47. The highest BCUT2D eigenvalue weighted by Gasteiger charge is 1.99. The molecule has 0 aromatic carbocycles. The van der Waals surface area contributed by atoms with Crippen LogP contribution in [0.1, 0.15) is 12.5 Å². The largest absolute Gasteiger partial charge is 0.492 e. The summed E-state index contributed by atoms with van der Waals surface area (Å²) in [5.74, 6) is 0.180. The predicted molar refractivity (Wildman–Crippen MR) is 40.1 cm³/mol. The molecule has 2 nitrogen and oxygen atoms in total. The van der Waals surface area contributed by atoms with Gasteiger partial charge >= 0.3 is 0 Å². The van der Waals surface area contributed by atoms with E-state index < -0.39 is 5.95 Å². The van der Waals surface area contributed by atoms with E-state index in [2.05, 4.69) is 4.98 Å². The summed E-state index contributed by atoms with van der Waals surface area (Å²) in [7, 11) is 0. The second-order valence-electron chi connectivity index (χ2n) is 2.21. The van der Waals surface area contributed by atoms with E-state index in [4.69, 9.17) is 4.74 Å². The molecule has 1 aromatic rings. The third-order valence-electron chi connectivity index (χ3n) is 1.33. The van der Waals surface area contributed by atoms with Gasteiger partial charge in [0.1, 0.15) is 5.75 Å². The molecule has 0 aliphatic rings. The van der Waals surface area contributed by atoms with Gasteiger partial charge in [0.2, 0.25) is 5.95 Å². The van der Waals surface area contributed by atoms with Gasteiger partial charge < -0.3 is 4.74 Å². The Bertz CT molecular complexity index is 250. The number of aromatic nitrogens is 1. The normalized spacial score (nSPS) is 9.73. The van der Waals surface area contributed by atoms with Gasteiger partial charge in [-0.25, -0.2) is 4.98 Å². The van der Waals surface area contributed by atoms with E-state index in [9.17, 15) is 4.39 Å². The second-order valence-corrected chi connectivity index (χ2v) is 2.21. The van der Waals surface area contributed by atoms with E-state index in [1.165, 1.54) is 12.3 Å². The maximum Gasteiger partial charge on any atom is 0.213 e. The molecule has 1 rings (SSSR count). The summed E-state index contributed by atoms with van der Waals surface area (Å²) >= 11 is 0. The highest BCUT2D eigenvalue weighted by atomic mass is 19.1. The van der Waals surface area contributed by atoms with Gasteiger partial charge in [0, 0.05) is 0 Å². The summed E-state index contributed by atoms with van der Waals surface area (Å²) in [6.07, 6.45) is 1.40. The molecule has 0 radical (unpaired) electrons. The molecule has 1 heterocycles. The van der Waals surface area contributed by atoms with Crippen LogP contribution in [0.3, 0.4) is 0 Å².